The third kappa shape index (κ3) is 4.30. The number of carbonyl (C=O) groups excluding carboxylic acids is 2. The lowest BCUT2D eigenvalue weighted by atomic mass is 10.1. The molecule has 0 aromatic heterocycles. The van der Waals surface area contributed by atoms with Gasteiger partial charge < -0.3 is 19.7 Å². The van der Waals surface area contributed by atoms with Crippen LogP contribution in [0.5, 0.6) is 17.2 Å². The van der Waals surface area contributed by atoms with Crippen molar-refractivity contribution in [2.24, 2.45) is 5.92 Å². The number of hydrogen-bond acceptors (Lipinski definition) is 4. The summed E-state index contributed by atoms with van der Waals surface area (Å²) in [6, 6.07) is 28.5. The third-order valence-corrected chi connectivity index (χ3v) is 5.97. The maximum absolute atomic E-state index is 12.9. The lowest BCUT2D eigenvalue weighted by Crippen LogP contribution is -2.28. The van der Waals surface area contributed by atoms with Crippen LogP contribution in [0.25, 0.3) is 10.8 Å². The average Bonchev–Trinajstić information content (AvgIpc) is 3.27. The molecular formula is C28H24N2O4. The van der Waals surface area contributed by atoms with Crippen LogP contribution < -0.4 is 19.7 Å². The fourth-order valence-corrected chi connectivity index (χ4v) is 4.23. The molecule has 0 bridgehead atoms. The van der Waals surface area contributed by atoms with E-state index < -0.39 is 5.92 Å². The number of anilines is 2. The van der Waals surface area contributed by atoms with Gasteiger partial charge in [0.2, 0.25) is 11.8 Å². The normalized spacial score (nSPS) is 15.4. The maximum Gasteiger partial charge on any atom is 0.229 e. The quantitative estimate of drug-likeness (QED) is 0.412. The number of amides is 2. The molecule has 34 heavy (non-hydrogen) atoms. The second-order valence-corrected chi connectivity index (χ2v) is 8.17. The van der Waals surface area contributed by atoms with E-state index in [4.69, 9.17) is 9.47 Å². The van der Waals surface area contributed by atoms with Crippen molar-refractivity contribution in [2.75, 3.05) is 23.9 Å². The number of nitrogens with one attached hydrogen (secondary N) is 1. The minimum atomic E-state index is -0.441. The van der Waals surface area contributed by atoms with E-state index in [0.29, 0.717) is 29.4 Å². The van der Waals surface area contributed by atoms with Gasteiger partial charge in [0.15, 0.2) is 0 Å². The zero-order valence-electron chi connectivity index (χ0n) is 18.7. The van der Waals surface area contributed by atoms with Gasteiger partial charge in [-0.15, -0.1) is 0 Å². The van der Waals surface area contributed by atoms with E-state index in [1.54, 1.807) is 30.2 Å². The Kier molecular flexibility index (Phi) is 5.87. The molecule has 6 heteroatoms. The molecule has 2 amide bonds. The Hall–Kier alpha value is -4.32. The van der Waals surface area contributed by atoms with Crippen molar-refractivity contribution in [2.45, 2.75) is 6.42 Å². The molecule has 6 nitrogen and oxygen atoms in total. The van der Waals surface area contributed by atoms with Gasteiger partial charge >= 0.3 is 0 Å². The number of benzene rings is 4. The Morgan fingerprint density at radius 2 is 1.59 bits per heavy atom. The van der Waals surface area contributed by atoms with Crippen LogP contribution in [-0.2, 0) is 9.59 Å². The fraction of sp³-hybridized carbons (Fsp3) is 0.143. The Bertz CT molecular complexity index is 1340. The molecule has 1 heterocycles. The molecule has 1 aliphatic heterocycles. The second-order valence-electron chi connectivity index (χ2n) is 8.17. The Morgan fingerprint density at radius 3 is 2.41 bits per heavy atom. The second kappa shape index (κ2) is 9.27. The van der Waals surface area contributed by atoms with Crippen molar-refractivity contribution in [1.82, 2.24) is 0 Å². The fourth-order valence-electron chi connectivity index (χ4n) is 4.23. The van der Waals surface area contributed by atoms with Crippen LogP contribution in [0.3, 0.4) is 0 Å². The van der Waals surface area contributed by atoms with E-state index in [0.717, 1.165) is 16.5 Å². The van der Waals surface area contributed by atoms with Gasteiger partial charge in [0.25, 0.3) is 0 Å². The van der Waals surface area contributed by atoms with Gasteiger partial charge in [0, 0.05) is 24.0 Å². The number of methoxy groups -OCH3 is 1. The number of nitrogens with zero attached hydrogens (tertiary/aromatic N) is 1. The number of fused-ring (bicyclic) bond motifs is 1. The average molecular weight is 453 g/mol. The van der Waals surface area contributed by atoms with Gasteiger partial charge in [0.1, 0.15) is 17.2 Å². The molecule has 1 saturated heterocycles. The van der Waals surface area contributed by atoms with Gasteiger partial charge in [-0.25, -0.2) is 0 Å². The van der Waals surface area contributed by atoms with Crippen LogP contribution in [0, 0.1) is 5.92 Å². The summed E-state index contributed by atoms with van der Waals surface area (Å²) < 4.78 is 11.4. The maximum atomic E-state index is 12.9. The largest absolute Gasteiger partial charge is 0.495 e. The van der Waals surface area contributed by atoms with Crippen molar-refractivity contribution < 1.29 is 19.1 Å². The standard InChI is InChI=1S/C28H24N2O4/c1-33-26-11-5-4-10-24(26)30-18-20(17-27(30)31)28(32)29-21-13-15-22(16-14-21)34-25-12-6-8-19-7-2-3-9-23(19)25/h2-16,20H,17-18H2,1H3,(H,29,32)/t20-/m0/s1. The van der Waals surface area contributed by atoms with Crippen molar-refractivity contribution in [3.8, 4) is 17.2 Å². The Labute approximate surface area is 197 Å². The smallest absolute Gasteiger partial charge is 0.229 e. The summed E-state index contributed by atoms with van der Waals surface area (Å²) >= 11 is 0. The lowest BCUT2D eigenvalue weighted by Gasteiger charge is -2.19. The molecular weight excluding hydrogens is 428 g/mol. The van der Waals surface area contributed by atoms with E-state index >= 15 is 0 Å². The van der Waals surface area contributed by atoms with Crippen LogP contribution in [-0.4, -0.2) is 25.5 Å². The van der Waals surface area contributed by atoms with E-state index in [9.17, 15) is 9.59 Å². The summed E-state index contributed by atoms with van der Waals surface area (Å²) in [5.74, 6) is 1.34. The van der Waals surface area contributed by atoms with Crippen molar-refractivity contribution in [1.29, 1.82) is 0 Å². The van der Waals surface area contributed by atoms with Crippen LogP contribution in [0.2, 0.25) is 0 Å². The molecule has 0 spiro atoms. The minimum absolute atomic E-state index is 0.0940. The first kappa shape index (κ1) is 21.5. The van der Waals surface area contributed by atoms with Gasteiger partial charge in [-0.05, 0) is 47.9 Å². The molecule has 0 aliphatic carbocycles. The molecule has 1 atom stereocenters. The first-order chi connectivity index (χ1) is 16.6. The van der Waals surface area contributed by atoms with Gasteiger partial charge in [-0.2, -0.15) is 0 Å². The number of para-hydroxylation sites is 2. The number of hydrogen-bond donors (Lipinski definition) is 1. The monoisotopic (exact) mass is 452 g/mol. The van der Waals surface area contributed by atoms with Crippen LogP contribution in [0.1, 0.15) is 6.42 Å². The van der Waals surface area contributed by atoms with E-state index in [-0.39, 0.29) is 18.2 Å². The number of carbonyl (C=O) groups is 2. The molecule has 5 rings (SSSR count). The number of ether oxygens (including phenoxy) is 2. The highest BCUT2D eigenvalue weighted by Gasteiger charge is 2.36. The van der Waals surface area contributed by atoms with Crippen molar-refractivity contribution in [3.63, 3.8) is 0 Å². The van der Waals surface area contributed by atoms with E-state index in [2.05, 4.69) is 5.32 Å². The summed E-state index contributed by atoms with van der Waals surface area (Å²) in [5, 5.41) is 5.06. The Balaban J connectivity index is 1.24. The molecule has 0 radical (unpaired) electrons. The van der Waals surface area contributed by atoms with Crippen LogP contribution in [0.15, 0.2) is 91.0 Å². The molecule has 0 unspecified atom stereocenters. The molecule has 4 aromatic rings. The van der Waals surface area contributed by atoms with E-state index in [1.807, 2.05) is 72.8 Å². The zero-order chi connectivity index (χ0) is 23.5. The highest BCUT2D eigenvalue weighted by atomic mass is 16.5. The topological polar surface area (TPSA) is 67.9 Å². The van der Waals surface area contributed by atoms with Gasteiger partial charge in [0.05, 0.1) is 18.7 Å². The highest BCUT2D eigenvalue weighted by molar-refractivity contribution is 6.04. The first-order valence-corrected chi connectivity index (χ1v) is 11.1. The zero-order valence-corrected chi connectivity index (χ0v) is 18.7. The lowest BCUT2D eigenvalue weighted by molar-refractivity contribution is -0.122. The number of rotatable bonds is 6. The molecule has 1 N–H and O–H groups in total. The van der Waals surface area contributed by atoms with E-state index in [1.165, 1.54) is 0 Å². The highest BCUT2D eigenvalue weighted by Crippen LogP contribution is 2.34. The predicted octanol–water partition coefficient (Wildman–Crippen LogP) is 5.63. The van der Waals surface area contributed by atoms with Gasteiger partial charge in [-0.3, -0.25) is 9.59 Å². The summed E-state index contributed by atoms with van der Waals surface area (Å²) in [5.41, 5.74) is 1.33. The summed E-state index contributed by atoms with van der Waals surface area (Å²) in [4.78, 5) is 27.1. The van der Waals surface area contributed by atoms with Crippen LogP contribution >= 0.6 is 0 Å². The SMILES string of the molecule is COc1ccccc1N1C[C@@H](C(=O)Nc2ccc(Oc3cccc4ccccc34)cc2)CC1=O. The Morgan fingerprint density at radius 1 is 0.882 bits per heavy atom. The van der Waals surface area contributed by atoms with Crippen molar-refractivity contribution >= 4 is 34.0 Å². The predicted molar refractivity (Wildman–Crippen MR) is 133 cm³/mol. The van der Waals surface area contributed by atoms with Crippen molar-refractivity contribution in [3.05, 3.63) is 91.0 Å². The summed E-state index contributed by atoms with van der Waals surface area (Å²) in [6.45, 7) is 0.313. The third-order valence-electron chi connectivity index (χ3n) is 5.97. The molecule has 1 fully saturated rings. The molecule has 1 aliphatic rings. The molecule has 0 saturated carbocycles. The van der Waals surface area contributed by atoms with Crippen LogP contribution in [0.4, 0.5) is 11.4 Å². The van der Waals surface area contributed by atoms with Gasteiger partial charge in [-0.1, -0.05) is 48.5 Å². The molecule has 170 valence electrons. The summed E-state index contributed by atoms with van der Waals surface area (Å²) in [6.07, 6.45) is 0.159. The molecule has 4 aromatic carbocycles. The summed E-state index contributed by atoms with van der Waals surface area (Å²) in [7, 11) is 1.57. The minimum Gasteiger partial charge on any atom is -0.495 e. The first-order valence-electron chi connectivity index (χ1n) is 11.1.